The molecular formula is C15H16N2. The van der Waals surface area contributed by atoms with Crippen molar-refractivity contribution in [2.45, 2.75) is 12.8 Å². The van der Waals surface area contributed by atoms with Crippen LogP contribution in [-0.2, 0) is 12.8 Å². The van der Waals surface area contributed by atoms with Crippen LogP contribution >= 0.6 is 0 Å². The Hall–Kier alpha value is -1.70. The highest BCUT2D eigenvalue weighted by atomic mass is 15.3. The minimum Gasteiger partial charge on any atom is -0.356 e. The lowest BCUT2D eigenvalue weighted by Crippen LogP contribution is -2.36. The van der Waals surface area contributed by atoms with E-state index in [9.17, 15) is 0 Å². The molecule has 2 aromatic rings. The predicted octanol–water partition coefficient (Wildman–Crippen LogP) is 2.78. The van der Waals surface area contributed by atoms with Crippen molar-refractivity contribution < 1.29 is 0 Å². The van der Waals surface area contributed by atoms with Crippen molar-refractivity contribution in [1.29, 1.82) is 0 Å². The minimum absolute atomic E-state index is 0.973. The molecule has 0 saturated heterocycles. The Bertz CT molecular complexity index is 580. The van der Waals surface area contributed by atoms with E-state index < -0.39 is 0 Å². The van der Waals surface area contributed by atoms with E-state index in [0.29, 0.717) is 0 Å². The average Bonchev–Trinajstić information content (AvgIpc) is 2.74. The number of nitrogens with zero attached hydrogens (tertiary/aromatic N) is 2. The maximum absolute atomic E-state index is 2.34. The molecule has 2 heteroatoms. The maximum Gasteiger partial charge on any atom is 0.0897 e. The van der Waals surface area contributed by atoms with Crippen molar-refractivity contribution in [3.8, 4) is 0 Å². The predicted molar refractivity (Wildman–Crippen MR) is 73.0 cm³/mol. The van der Waals surface area contributed by atoms with Gasteiger partial charge in [-0.05, 0) is 41.5 Å². The Kier molecular flexibility index (Phi) is 1.62. The third-order valence-corrected chi connectivity index (χ3v) is 4.20. The summed E-state index contributed by atoms with van der Waals surface area (Å²) in [6.07, 6.45) is 2.42. The van der Waals surface area contributed by atoms with Crippen LogP contribution < -0.4 is 9.80 Å². The van der Waals surface area contributed by atoms with Gasteiger partial charge >= 0.3 is 0 Å². The standard InChI is InChI=1S/C15H16N2/c1-16-9-17(2)13-8-6-11-4-3-10-5-7-12(16)15(13)14(10)11/h5-8H,3-4,9H2,1-2H3. The van der Waals surface area contributed by atoms with E-state index in [2.05, 4.69) is 48.2 Å². The summed E-state index contributed by atoms with van der Waals surface area (Å²) in [6, 6.07) is 9.23. The quantitative estimate of drug-likeness (QED) is 0.679. The van der Waals surface area contributed by atoms with Crippen molar-refractivity contribution in [3.05, 3.63) is 35.4 Å². The van der Waals surface area contributed by atoms with E-state index in [1.807, 2.05) is 0 Å². The van der Waals surface area contributed by atoms with Crippen LogP contribution in [0.2, 0.25) is 0 Å². The molecule has 0 bridgehead atoms. The Morgan fingerprint density at radius 2 is 1.29 bits per heavy atom. The molecule has 0 aromatic heterocycles. The normalized spacial score (nSPS) is 17.1. The maximum atomic E-state index is 2.34. The molecule has 4 rings (SSSR count). The second kappa shape index (κ2) is 2.95. The van der Waals surface area contributed by atoms with Crippen molar-refractivity contribution in [2.75, 3.05) is 30.6 Å². The lowest BCUT2D eigenvalue weighted by Gasteiger charge is -2.35. The molecule has 1 heterocycles. The van der Waals surface area contributed by atoms with Gasteiger partial charge in [-0.1, -0.05) is 12.1 Å². The Morgan fingerprint density at radius 1 is 0.765 bits per heavy atom. The first-order valence-electron chi connectivity index (χ1n) is 6.25. The van der Waals surface area contributed by atoms with Crippen LogP contribution in [0, 0.1) is 0 Å². The van der Waals surface area contributed by atoms with Gasteiger partial charge in [0.05, 0.1) is 6.67 Å². The highest BCUT2D eigenvalue weighted by molar-refractivity contribution is 6.08. The zero-order valence-corrected chi connectivity index (χ0v) is 10.3. The molecule has 0 unspecified atom stereocenters. The van der Waals surface area contributed by atoms with E-state index in [-0.39, 0.29) is 0 Å². The van der Waals surface area contributed by atoms with Crippen LogP contribution in [-0.4, -0.2) is 20.8 Å². The SMILES string of the molecule is CN1CN(C)c2ccc3c4c(ccc1c24)CC3. The summed E-state index contributed by atoms with van der Waals surface area (Å²) in [7, 11) is 4.36. The molecule has 86 valence electrons. The summed E-state index contributed by atoms with van der Waals surface area (Å²) in [5.41, 5.74) is 5.84. The highest BCUT2D eigenvalue weighted by Crippen LogP contribution is 2.43. The van der Waals surface area contributed by atoms with Crippen LogP contribution in [0.1, 0.15) is 11.1 Å². The van der Waals surface area contributed by atoms with E-state index in [0.717, 1.165) is 6.67 Å². The summed E-state index contributed by atoms with van der Waals surface area (Å²) < 4.78 is 0. The third kappa shape index (κ3) is 1.05. The van der Waals surface area contributed by atoms with Gasteiger partial charge in [0.2, 0.25) is 0 Å². The Labute approximate surface area is 101 Å². The summed E-state index contributed by atoms with van der Waals surface area (Å²) in [6.45, 7) is 0.973. The molecule has 0 atom stereocenters. The zero-order chi connectivity index (χ0) is 11.6. The summed E-state index contributed by atoms with van der Waals surface area (Å²) in [5, 5.41) is 2.99. The Balaban J connectivity index is 2.22. The van der Waals surface area contributed by atoms with Gasteiger partial charge in [0.15, 0.2) is 0 Å². The molecule has 17 heavy (non-hydrogen) atoms. The van der Waals surface area contributed by atoms with Crippen molar-refractivity contribution in [1.82, 2.24) is 0 Å². The second-order valence-electron chi connectivity index (χ2n) is 5.27. The van der Waals surface area contributed by atoms with Crippen LogP contribution in [0.5, 0.6) is 0 Å². The van der Waals surface area contributed by atoms with Crippen molar-refractivity contribution >= 4 is 22.1 Å². The molecule has 2 nitrogen and oxygen atoms in total. The molecule has 0 N–H and O–H groups in total. The largest absolute Gasteiger partial charge is 0.356 e. The highest BCUT2D eigenvalue weighted by Gasteiger charge is 2.24. The van der Waals surface area contributed by atoms with Gasteiger partial charge in [0.1, 0.15) is 0 Å². The third-order valence-electron chi connectivity index (χ3n) is 4.20. The van der Waals surface area contributed by atoms with E-state index in [1.165, 1.54) is 46.1 Å². The average molecular weight is 224 g/mol. The molecule has 1 aliphatic heterocycles. The fourth-order valence-electron chi connectivity index (χ4n) is 3.40. The van der Waals surface area contributed by atoms with Gasteiger partial charge < -0.3 is 9.80 Å². The van der Waals surface area contributed by atoms with Gasteiger partial charge in [0.25, 0.3) is 0 Å². The molecule has 2 aliphatic rings. The Morgan fingerprint density at radius 3 is 1.82 bits per heavy atom. The van der Waals surface area contributed by atoms with Gasteiger partial charge in [-0.25, -0.2) is 0 Å². The molecule has 0 radical (unpaired) electrons. The van der Waals surface area contributed by atoms with Crippen molar-refractivity contribution in [2.24, 2.45) is 0 Å². The lowest BCUT2D eigenvalue weighted by molar-refractivity contribution is 0.847. The van der Waals surface area contributed by atoms with Crippen LogP contribution in [0.3, 0.4) is 0 Å². The summed E-state index contributed by atoms with van der Waals surface area (Å²) in [4.78, 5) is 4.68. The van der Waals surface area contributed by atoms with Gasteiger partial charge in [0, 0.05) is 30.9 Å². The topological polar surface area (TPSA) is 6.48 Å². The first-order valence-corrected chi connectivity index (χ1v) is 6.25. The van der Waals surface area contributed by atoms with E-state index >= 15 is 0 Å². The monoisotopic (exact) mass is 224 g/mol. The molecule has 0 spiro atoms. The van der Waals surface area contributed by atoms with Crippen LogP contribution in [0.25, 0.3) is 10.8 Å². The fraction of sp³-hybridized carbons (Fsp3) is 0.333. The number of hydrogen-bond acceptors (Lipinski definition) is 2. The zero-order valence-electron chi connectivity index (χ0n) is 10.3. The smallest absolute Gasteiger partial charge is 0.0897 e. The fourth-order valence-corrected chi connectivity index (χ4v) is 3.40. The first-order chi connectivity index (χ1) is 8.25. The number of anilines is 2. The molecule has 1 aliphatic carbocycles. The summed E-state index contributed by atoms with van der Waals surface area (Å²) in [5.74, 6) is 0. The number of benzene rings is 2. The summed E-state index contributed by atoms with van der Waals surface area (Å²) >= 11 is 0. The van der Waals surface area contributed by atoms with E-state index in [4.69, 9.17) is 0 Å². The van der Waals surface area contributed by atoms with E-state index in [1.54, 1.807) is 0 Å². The van der Waals surface area contributed by atoms with Gasteiger partial charge in [-0.2, -0.15) is 0 Å². The lowest BCUT2D eigenvalue weighted by atomic mass is 9.99. The minimum atomic E-state index is 0.973. The van der Waals surface area contributed by atoms with Gasteiger partial charge in [-0.15, -0.1) is 0 Å². The molecule has 0 saturated carbocycles. The van der Waals surface area contributed by atoms with Crippen LogP contribution in [0.15, 0.2) is 24.3 Å². The van der Waals surface area contributed by atoms with Crippen LogP contribution in [0.4, 0.5) is 11.4 Å². The van der Waals surface area contributed by atoms with Crippen molar-refractivity contribution in [3.63, 3.8) is 0 Å². The number of hydrogen-bond donors (Lipinski definition) is 0. The number of aryl methyl sites for hydroxylation is 2. The molecular weight excluding hydrogens is 208 g/mol. The second-order valence-corrected chi connectivity index (χ2v) is 5.27. The molecule has 0 amide bonds. The van der Waals surface area contributed by atoms with Gasteiger partial charge in [-0.3, -0.25) is 0 Å². The number of rotatable bonds is 0. The molecule has 2 aromatic carbocycles. The first kappa shape index (κ1) is 9.34. The molecule has 0 fully saturated rings.